The van der Waals surface area contributed by atoms with E-state index in [0.29, 0.717) is 6.04 Å². The molecule has 0 spiro atoms. The maximum Gasteiger partial charge on any atom is 0.244 e. The summed E-state index contributed by atoms with van der Waals surface area (Å²) < 4.78 is 1.80. The molecule has 5 heteroatoms. The molecule has 1 fully saturated rings. The second kappa shape index (κ2) is 8.12. The lowest BCUT2D eigenvalue weighted by atomic mass is 10.0. The Kier molecular flexibility index (Phi) is 5.66. The number of hydrogen-bond acceptors (Lipinski definition) is 3. The van der Waals surface area contributed by atoms with Gasteiger partial charge in [-0.15, -0.1) is 0 Å². The highest BCUT2D eigenvalue weighted by molar-refractivity contribution is 5.91. The van der Waals surface area contributed by atoms with Crippen LogP contribution in [0.2, 0.25) is 0 Å². The third-order valence-corrected chi connectivity index (χ3v) is 4.66. The molecular weight excluding hydrogens is 312 g/mol. The van der Waals surface area contributed by atoms with Crippen LogP contribution in [-0.4, -0.2) is 45.8 Å². The number of likely N-dealkylation sites (tertiary alicyclic amines) is 1. The van der Waals surface area contributed by atoms with Crippen molar-refractivity contribution in [3.8, 4) is 5.69 Å². The summed E-state index contributed by atoms with van der Waals surface area (Å²) in [6.07, 6.45) is 9.12. The predicted octanol–water partition coefficient (Wildman–Crippen LogP) is 2.87. The molecule has 1 aliphatic rings. The second-order valence-corrected chi connectivity index (χ2v) is 6.80. The Hall–Kier alpha value is -2.40. The summed E-state index contributed by atoms with van der Waals surface area (Å²) >= 11 is 0. The molecule has 0 atom stereocenters. The van der Waals surface area contributed by atoms with Gasteiger partial charge in [0.2, 0.25) is 5.91 Å². The van der Waals surface area contributed by atoms with Crippen molar-refractivity contribution in [2.45, 2.75) is 38.8 Å². The largest absolute Gasteiger partial charge is 0.350 e. The zero-order valence-electron chi connectivity index (χ0n) is 14.9. The summed E-state index contributed by atoms with van der Waals surface area (Å²) in [6, 6.07) is 10.8. The van der Waals surface area contributed by atoms with Gasteiger partial charge in [-0.05, 0) is 44.9 Å². The van der Waals surface area contributed by atoms with Crippen molar-refractivity contribution in [3.63, 3.8) is 0 Å². The van der Waals surface area contributed by atoms with Gasteiger partial charge in [0.1, 0.15) is 0 Å². The minimum Gasteiger partial charge on any atom is -0.350 e. The molecule has 1 amide bonds. The zero-order chi connectivity index (χ0) is 17.6. The number of carbonyl (C=O) groups excluding carboxylic acids is 1. The Balaban J connectivity index is 1.51. The van der Waals surface area contributed by atoms with Crippen molar-refractivity contribution in [1.82, 2.24) is 20.0 Å². The quantitative estimate of drug-likeness (QED) is 0.853. The van der Waals surface area contributed by atoms with Crippen molar-refractivity contribution in [2.75, 3.05) is 13.1 Å². The molecule has 0 unspecified atom stereocenters. The molecule has 25 heavy (non-hydrogen) atoms. The first-order chi connectivity index (χ1) is 12.1. The number of piperidine rings is 1. The summed E-state index contributed by atoms with van der Waals surface area (Å²) in [7, 11) is 0. The Labute approximate surface area is 149 Å². The Morgan fingerprint density at radius 1 is 1.24 bits per heavy atom. The first kappa shape index (κ1) is 17.4. The first-order valence-corrected chi connectivity index (χ1v) is 8.94. The van der Waals surface area contributed by atoms with Crippen LogP contribution in [0.1, 0.15) is 32.3 Å². The number of nitrogens with one attached hydrogen (secondary N) is 1. The topological polar surface area (TPSA) is 50.2 Å². The van der Waals surface area contributed by atoms with Gasteiger partial charge in [0, 0.05) is 43.0 Å². The van der Waals surface area contributed by atoms with Crippen LogP contribution in [0, 0.1) is 0 Å². The van der Waals surface area contributed by atoms with Crippen LogP contribution in [0.25, 0.3) is 11.8 Å². The molecule has 1 saturated heterocycles. The number of benzene rings is 1. The summed E-state index contributed by atoms with van der Waals surface area (Å²) in [5.74, 6) is -0.0320. The van der Waals surface area contributed by atoms with Crippen molar-refractivity contribution in [3.05, 3.63) is 54.4 Å². The van der Waals surface area contributed by atoms with E-state index < -0.39 is 0 Å². The Bertz CT molecular complexity index is 712. The number of nitrogens with zero attached hydrogens (tertiary/aromatic N) is 3. The fourth-order valence-corrected chi connectivity index (χ4v) is 3.13. The van der Waals surface area contributed by atoms with Crippen LogP contribution in [0.15, 0.2) is 48.8 Å². The van der Waals surface area contributed by atoms with E-state index in [2.05, 4.69) is 29.2 Å². The van der Waals surface area contributed by atoms with E-state index in [9.17, 15) is 4.79 Å². The van der Waals surface area contributed by atoms with Crippen molar-refractivity contribution < 1.29 is 4.79 Å². The monoisotopic (exact) mass is 338 g/mol. The summed E-state index contributed by atoms with van der Waals surface area (Å²) in [6.45, 7) is 6.54. The van der Waals surface area contributed by atoms with E-state index in [4.69, 9.17) is 0 Å². The van der Waals surface area contributed by atoms with E-state index in [1.54, 1.807) is 17.0 Å². The molecule has 132 valence electrons. The van der Waals surface area contributed by atoms with Gasteiger partial charge < -0.3 is 10.2 Å². The van der Waals surface area contributed by atoms with Gasteiger partial charge in [-0.2, -0.15) is 5.10 Å². The molecule has 0 saturated carbocycles. The van der Waals surface area contributed by atoms with Gasteiger partial charge in [-0.3, -0.25) is 4.79 Å². The molecule has 5 nitrogen and oxygen atoms in total. The van der Waals surface area contributed by atoms with Gasteiger partial charge in [0.25, 0.3) is 0 Å². The molecular formula is C20H26N4O. The summed E-state index contributed by atoms with van der Waals surface area (Å²) in [5, 5.41) is 7.44. The van der Waals surface area contributed by atoms with E-state index in [-0.39, 0.29) is 11.9 Å². The van der Waals surface area contributed by atoms with Crippen LogP contribution in [0.5, 0.6) is 0 Å². The normalized spacial score (nSPS) is 16.6. The molecule has 3 rings (SSSR count). The zero-order valence-corrected chi connectivity index (χ0v) is 14.9. The highest BCUT2D eigenvalue weighted by atomic mass is 16.1. The van der Waals surface area contributed by atoms with Crippen LogP contribution in [0.3, 0.4) is 0 Å². The molecule has 1 aromatic heterocycles. The molecule has 2 aromatic rings. The van der Waals surface area contributed by atoms with Crippen molar-refractivity contribution in [1.29, 1.82) is 0 Å². The fraction of sp³-hybridized carbons (Fsp3) is 0.400. The van der Waals surface area contributed by atoms with E-state index in [1.165, 1.54) is 0 Å². The van der Waals surface area contributed by atoms with E-state index >= 15 is 0 Å². The van der Waals surface area contributed by atoms with Crippen molar-refractivity contribution >= 4 is 12.0 Å². The molecule has 1 aromatic carbocycles. The number of para-hydroxylation sites is 1. The lowest BCUT2D eigenvalue weighted by Gasteiger charge is -2.34. The summed E-state index contributed by atoms with van der Waals surface area (Å²) in [4.78, 5) is 14.6. The van der Waals surface area contributed by atoms with Gasteiger partial charge in [0.05, 0.1) is 11.9 Å². The number of amides is 1. The maximum absolute atomic E-state index is 12.1. The number of carbonyl (C=O) groups is 1. The molecule has 0 bridgehead atoms. The van der Waals surface area contributed by atoms with Crippen LogP contribution in [0.4, 0.5) is 0 Å². The SMILES string of the molecule is CC(C)N1CCC(NC(=O)/C=C/c2cnn(-c3ccccc3)c2)CC1. The van der Waals surface area contributed by atoms with Gasteiger partial charge in [-0.25, -0.2) is 4.68 Å². The Morgan fingerprint density at radius 2 is 1.96 bits per heavy atom. The first-order valence-electron chi connectivity index (χ1n) is 8.94. The fourth-order valence-electron chi connectivity index (χ4n) is 3.13. The van der Waals surface area contributed by atoms with Crippen LogP contribution in [-0.2, 0) is 4.79 Å². The average molecular weight is 338 g/mol. The van der Waals surface area contributed by atoms with Gasteiger partial charge >= 0.3 is 0 Å². The third-order valence-electron chi connectivity index (χ3n) is 4.66. The van der Waals surface area contributed by atoms with Gasteiger partial charge in [0.15, 0.2) is 0 Å². The average Bonchev–Trinajstić information content (AvgIpc) is 3.10. The molecule has 0 radical (unpaired) electrons. The second-order valence-electron chi connectivity index (χ2n) is 6.80. The number of hydrogen-bond donors (Lipinski definition) is 1. The highest BCUT2D eigenvalue weighted by Gasteiger charge is 2.21. The lowest BCUT2D eigenvalue weighted by Crippen LogP contribution is -2.46. The predicted molar refractivity (Wildman–Crippen MR) is 100 cm³/mol. The third kappa shape index (κ3) is 4.79. The molecule has 1 N–H and O–H groups in total. The van der Waals surface area contributed by atoms with Crippen molar-refractivity contribution in [2.24, 2.45) is 0 Å². The summed E-state index contributed by atoms with van der Waals surface area (Å²) in [5.41, 5.74) is 1.91. The minimum atomic E-state index is -0.0320. The van der Waals surface area contributed by atoms with E-state index in [0.717, 1.165) is 37.2 Å². The smallest absolute Gasteiger partial charge is 0.244 e. The number of rotatable bonds is 5. The molecule has 1 aliphatic heterocycles. The molecule has 0 aliphatic carbocycles. The molecule has 2 heterocycles. The minimum absolute atomic E-state index is 0.0320. The highest BCUT2D eigenvalue weighted by Crippen LogP contribution is 2.13. The lowest BCUT2D eigenvalue weighted by molar-refractivity contribution is -0.117. The number of aromatic nitrogens is 2. The van der Waals surface area contributed by atoms with E-state index in [1.807, 2.05) is 42.6 Å². The van der Waals surface area contributed by atoms with Crippen LogP contribution < -0.4 is 5.32 Å². The Morgan fingerprint density at radius 3 is 2.64 bits per heavy atom. The van der Waals surface area contributed by atoms with Crippen LogP contribution >= 0.6 is 0 Å². The standard InChI is InChI=1S/C20H26N4O/c1-16(2)23-12-10-18(11-13-23)22-20(25)9-8-17-14-21-24(15-17)19-6-4-3-5-7-19/h3-9,14-16,18H,10-13H2,1-2H3,(H,22,25)/b9-8+. The maximum atomic E-state index is 12.1. The van der Waals surface area contributed by atoms with Gasteiger partial charge in [-0.1, -0.05) is 18.2 Å².